The summed E-state index contributed by atoms with van der Waals surface area (Å²) >= 11 is 0. The fraction of sp³-hybridized carbons (Fsp3) is 0.545. The van der Waals surface area contributed by atoms with Crippen molar-refractivity contribution in [1.82, 2.24) is 9.99 Å². The fourth-order valence-electron chi connectivity index (χ4n) is 1.95. The van der Waals surface area contributed by atoms with E-state index in [1.54, 1.807) is 0 Å². The van der Waals surface area contributed by atoms with Crippen LogP contribution in [0.2, 0.25) is 0 Å². The molecule has 0 bridgehead atoms. The summed E-state index contributed by atoms with van der Waals surface area (Å²) in [5.41, 5.74) is 4.90. The van der Waals surface area contributed by atoms with E-state index in [4.69, 9.17) is 5.84 Å². The highest BCUT2D eigenvalue weighted by Crippen LogP contribution is 2.21. The van der Waals surface area contributed by atoms with Crippen molar-refractivity contribution < 1.29 is 4.79 Å². The van der Waals surface area contributed by atoms with Crippen LogP contribution >= 0.6 is 0 Å². The Bertz CT molecular complexity index is 368. The van der Waals surface area contributed by atoms with Crippen molar-refractivity contribution in [2.45, 2.75) is 40.2 Å². The van der Waals surface area contributed by atoms with Crippen molar-refractivity contribution in [2.24, 2.45) is 5.84 Å². The van der Waals surface area contributed by atoms with Crippen LogP contribution in [0.4, 0.5) is 0 Å². The first-order valence-electron chi connectivity index (χ1n) is 5.22. The van der Waals surface area contributed by atoms with Crippen LogP contribution in [0.15, 0.2) is 6.07 Å². The highest BCUT2D eigenvalue weighted by atomic mass is 16.2. The van der Waals surface area contributed by atoms with E-state index in [9.17, 15) is 4.79 Å². The summed E-state index contributed by atoms with van der Waals surface area (Å²) in [5.74, 6) is 4.91. The van der Waals surface area contributed by atoms with Gasteiger partial charge in [0, 0.05) is 17.4 Å². The molecule has 4 heteroatoms. The summed E-state index contributed by atoms with van der Waals surface area (Å²) < 4.78 is 2.17. The zero-order valence-electron chi connectivity index (χ0n) is 9.79. The molecule has 0 aliphatic heterocycles. The van der Waals surface area contributed by atoms with Gasteiger partial charge in [-0.15, -0.1) is 0 Å². The molecule has 84 valence electrons. The van der Waals surface area contributed by atoms with Crippen LogP contribution in [-0.2, 0) is 0 Å². The van der Waals surface area contributed by atoms with Crippen molar-refractivity contribution in [3.8, 4) is 0 Å². The van der Waals surface area contributed by atoms with Gasteiger partial charge in [0.1, 0.15) is 0 Å². The van der Waals surface area contributed by atoms with Gasteiger partial charge in [0.25, 0.3) is 5.91 Å². The smallest absolute Gasteiger partial charge is 0.267 e. The first kappa shape index (κ1) is 11.8. The van der Waals surface area contributed by atoms with Gasteiger partial charge in [0.15, 0.2) is 0 Å². The molecule has 1 aromatic rings. The third kappa shape index (κ3) is 2.04. The largest absolute Gasteiger partial charge is 0.346 e. The van der Waals surface area contributed by atoms with Gasteiger partial charge in [-0.1, -0.05) is 6.92 Å². The second-order valence-corrected chi connectivity index (χ2v) is 3.89. The number of rotatable bonds is 3. The minimum absolute atomic E-state index is 0.224. The Kier molecular flexibility index (Phi) is 3.52. The number of nitrogens with one attached hydrogen (secondary N) is 1. The number of nitrogen functional groups attached to an aromatic ring is 1. The molecule has 1 rings (SSSR count). The molecule has 0 radical (unpaired) electrons. The molecule has 0 spiro atoms. The molecule has 0 unspecified atom stereocenters. The average molecular weight is 209 g/mol. The van der Waals surface area contributed by atoms with E-state index >= 15 is 0 Å². The number of aromatic nitrogens is 1. The molecular weight excluding hydrogens is 190 g/mol. The number of carbonyl (C=O) groups excluding carboxylic acids is 1. The first-order valence-corrected chi connectivity index (χ1v) is 5.22. The van der Waals surface area contributed by atoms with Gasteiger partial charge in [-0.05, 0) is 33.3 Å². The second-order valence-electron chi connectivity index (χ2n) is 3.89. The van der Waals surface area contributed by atoms with E-state index in [0.717, 1.165) is 17.8 Å². The molecule has 0 saturated carbocycles. The number of hydrogen-bond donors (Lipinski definition) is 2. The number of aryl methyl sites for hydroxylation is 1. The summed E-state index contributed by atoms with van der Waals surface area (Å²) in [6, 6.07) is 2.29. The van der Waals surface area contributed by atoms with Gasteiger partial charge in [0.05, 0.1) is 5.56 Å². The van der Waals surface area contributed by atoms with E-state index in [2.05, 4.69) is 23.8 Å². The lowest BCUT2D eigenvalue weighted by atomic mass is 10.2. The maximum atomic E-state index is 11.5. The van der Waals surface area contributed by atoms with E-state index < -0.39 is 0 Å². The fourth-order valence-corrected chi connectivity index (χ4v) is 1.95. The molecule has 1 atom stereocenters. The topological polar surface area (TPSA) is 60.0 Å². The van der Waals surface area contributed by atoms with E-state index in [1.807, 2.05) is 19.9 Å². The number of nitrogens with zero attached hydrogens (tertiary/aromatic N) is 1. The highest BCUT2D eigenvalue weighted by Gasteiger charge is 2.16. The average Bonchev–Trinajstić information content (AvgIpc) is 2.52. The molecule has 15 heavy (non-hydrogen) atoms. The number of hydrazine groups is 1. The van der Waals surface area contributed by atoms with E-state index in [1.165, 1.54) is 0 Å². The van der Waals surface area contributed by atoms with Crippen LogP contribution in [0.3, 0.4) is 0 Å². The maximum absolute atomic E-state index is 11.5. The molecule has 1 amide bonds. The number of amides is 1. The molecule has 0 aliphatic rings. The van der Waals surface area contributed by atoms with Gasteiger partial charge in [0.2, 0.25) is 0 Å². The lowest BCUT2D eigenvalue weighted by Gasteiger charge is -2.16. The second kappa shape index (κ2) is 4.49. The van der Waals surface area contributed by atoms with E-state index in [-0.39, 0.29) is 5.91 Å². The zero-order chi connectivity index (χ0) is 11.6. The summed E-state index contributed by atoms with van der Waals surface area (Å²) in [6.45, 7) is 8.23. The normalized spacial score (nSPS) is 12.6. The monoisotopic (exact) mass is 209 g/mol. The van der Waals surface area contributed by atoms with Gasteiger partial charge in [-0.2, -0.15) is 0 Å². The Morgan fingerprint density at radius 3 is 2.67 bits per heavy atom. The minimum Gasteiger partial charge on any atom is -0.346 e. The standard InChI is InChI=1S/C11H19N3O/c1-5-7(2)14-8(3)6-10(9(14)4)11(15)13-12/h6-7H,5,12H2,1-4H3,(H,13,15)/t7-/m0/s1. The molecule has 4 nitrogen and oxygen atoms in total. The Balaban J connectivity index is 3.20. The predicted octanol–water partition coefficient (Wildman–Crippen LogP) is 1.68. The molecule has 0 saturated heterocycles. The van der Waals surface area contributed by atoms with Crippen LogP contribution in [0, 0.1) is 13.8 Å². The van der Waals surface area contributed by atoms with Gasteiger partial charge < -0.3 is 4.57 Å². The molecule has 0 fully saturated rings. The van der Waals surface area contributed by atoms with Crippen LogP contribution < -0.4 is 11.3 Å². The van der Waals surface area contributed by atoms with Gasteiger partial charge in [-0.25, -0.2) is 5.84 Å². The quantitative estimate of drug-likeness (QED) is 0.452. The summed E-state index contributed by atoms with van der Waals surface area (Å²) in [7, 11) is 0. The Hall–Kier alpha value is -1.29. The number of hydrogen-bond acceptors (Lipinski definition) is 2. The third-order valence-electron chi connectivity index (χ3n) is 2.89. The lowest BCUT2D eigenvalue weighted by molar-refractivity contribution is 0.0953. The van der Waals surface area contributed by atoms with E-state index in [0.29, 0.717) is 11.6 Å². The van der Waals surface area contributed by atoms with Crippen molar-refractivity contribution in [2.75, 3.05) is 0 Å². The predicted molar refractivity (Wildman–Crippen MR) is 60.6 cm³/mol. The maximum Gasteiger partial charge on any atom is 0.267 e. The summed E-state index contributed by atoms with van der Waals surface area (Å²) in [6.07, 6.45) is 1.04. The molecule has 1 aromatic heterocycles. The lowest BCUT2D eigenvalue weighted by Crippen LogP contribution is -2.30. The van der Waals surface area contributed by atoms with Crippen molar-refractivity contribution in [3.05, 3.63) is 23.0 Å². The Labute approximate surface area is 90.4 Å². The third-order valence-corrected chi connectivity index (χ3v) is 2.89. The molecule has 0 aromatic carbocycles. The minimum atomic E-state index is -0.224. The van der Waals surface area contributed by atoms with Crippen LogP contribution in [0.5, 0.6) is 0 Å². The van der Waals surface area contributed by atoms with Crippen LogP contribution in [-0.4, -0.2) is 10.5 Å². The zero-order valence-corrected chi connectivity index (χ0v) is 9.79. The van der Waals surface area contributed by atoms with Gasteiger partial charge in [-0.3, -0.25) is 10.2 Å². The number of nitrogens with two attached hydrogens (primary N) is 1. The summed E-state index contributed by atoms with van der Waals surface area (Å²) in [5, 5.41) is 0. The van der Waals surface area contributed by atoms with Crippen molar-refractivity contribution >= 4 is 5.91 Å². The van der Waals surface area contributed by atoms with Crippen LogP contribution in [0.1, 0.15) is 48.1 Å². The van der Waals surface area contributed by atoms with Crippen LogP contribution in [0.25, 0.3) is 0 Å². The summed E-state index contributed by atoms with van der Waals surface area (Å²) in [4.78, 5) is 11.5. The highest BCUT2D eigenvalue weighted by molar-refractivity contribution is 5.95. The molecule has 3 N–H and O–H groups in total. The molecular formula is C11H19N3O. The van der Waals surface area contributed by atoms with Crippen molar-refractivity contribution in [1.29, 1.82) is 0 Å². The van der Waals surface area contributed by atoms with Gasteiger partial charge >= 0.3 is 0 Å². The molecule has 0 aliphatic carbocycles. The Morgan fingerprint density at radius 1 is 1.60 bits per heavy atom. The Morgan fingerprint density at radius 2 is 2.20 bits per heavy atom. The van der Waals surface area contributed by atoms with Crippen molar-refractivity contribution in [3.63, 3.8) is 0 Å². The molecule has 1 heterocycles. The first-order chi connectivity index (χ1) is 7.02. The number of carbonyl (C=O) groups is 1. The SMILES string of the molecule is CC[C@H](C)n1c(C)cc(C(=O)NN)c1C.